The van der Waals surface area contributed by atoms with E-state index in [-0.39, 0.29) is 11.9 Å². The molecule has 0 saturated heterocycles. The van der Waals surface area contributed by atoms with E-state index >= 15 is 0 Å². The van der Waals surface area contributed by atoms with Crippen molar-refractivity contribution >= 4 is 17.2 Å². The topological polar surface area (TPSA) is 38.3 Å². The van der Waals surface area contributed by atoms with Gasteiger partial charge in [-0.25, -0.2) is 0 Å². The molecule has 1 aromatic rings. The first-order chi connectivity index (χ1) is 7.04. The molecule has 1 atom stereocenters. The molecule has 0 aliphatic heterocycles. The van der Waals surface area contributed by atoms with Crippen molar-refractivity contribution in [1.29, 1.82) is 0 Å². The minimum atomic E-state index is -0.0126. The van der Waals surface area contributed by atoms with Crippen molar-refractivity contribution in [2.75, 3.05) is 13.7 Å². The van der Waals surface area contributed by atoms with E-state index in [1.807, 2.05) is 26.8 Å². The molecule has 3 nitrogen and oxygen atoms in total. The average molecular weight is 227 g/mol. The van der Waals surface area contributed by atoms with E-state index in [0.29, 0.717) is 6.61 Å². The van der Waals surface area contributed by atoms with Gasteiger partial charge in [0.05, 0.1) is 12.2 Å². The zero-order valence-electron chi connectivity index (χ0n) is 9.59. The highest BCUT2D eigenvalue weighted by Gasteiger charge is 2.13. The van der Waals surface area contributed by atoms with Gasteiger partial charge in [-0.2, -0.15) is 0 Å². The maximum atomic E-state index is 11.8. The Morgan fingerprint density at radius 2 is 2.27 bits per heavy atom. The fraction of sp³-hybridized carbons (Fsp3) is 0.545. The maximum absolute atomic E-state index is 11.8. The molecule has 0 aliphatic rings. The summed E-state index contributed by atoms with van der Waals surface area (Å²) in [4.78, 5) is 14.0. The lowest BCUT2D eigenvalue weighted by atomic mass is 10.2. The molecule has 1 rings (SSSR count). The van der Waals surface area contributed by atoms with Crippen LogP contribution in [-0.4, -0.2) is 25.7 Å². The highest BCUT2D eigenvalue weighted by atomic mass is 32.1. The van der Waals surface area contributed by atoms with Gasteiger partial charge >= 0.3 is 0 Å². The summed E-state index contributed by atoms with van der Waals surface area (Å²) in [6.45, 7) is 6.43. The van der Waals surface area contributed by atoms with Crippen LogP contribution in [0.15, 0.2) is 6.07 Å². The molecule has 0 radical (unpaired) electrons. The second kappa shape index (κ2) is 5.28. The monoisotopic (exact) mass is 227 g/mol. The van der Waals surface area contributed by atoms with Crippen LogP contribution in [0.3, 0.4) is 0 Å². The quantitative estimate of drug-likeness (QED) is 0.855. The number of hydrogen-bond donors (Lipinski definition) is 1. The average Bonchev–Trinajstić information content (AvgIpc) is 2.45. The van der Waals surface area contributed by atoms with Gasteiger partial charge in [0, 0.05) is 22.9 Å². The molecule has 1 unspecified atom stereocenters. The molecule has 15 heavy (non-hydrogen) atoms. The van der Waals surface area contributed by atoms with Crippen LogP contribution in [0.4, 0.5) is 0 Å². The Hall–Kier alpha value is -0.870. The molecule has 1 heterocycles. The van der Waals surface area contributed by atoms with Crippen LogP contribution in [0.2, 0.25) is 0 Å². The second-order valence-electron chi connectivity index (χ2n) is 3.66. The van der Waals surface area contributed by atoms with Crippen LogP contribution in [0, 0.1) is 13.8 Å². The molecular weight excluding hydrogens is 210 g/mol. The minimum Gasteiger partial charge on any atom is -0.383 e. The Morgan fingerprint density at radius 1 is 1.60 bits per heavy atom. The Bertz CT molecular complexity index is 346. The fourth-order valence-corrected chi connectivity index (χ4v) is 2.37. The SMILES string of the molecule is COCC(C)NC(=O)c1cc(C)sc1C. The van der Waals surface area contributed by atoms with Crippen molar-refractivity contribution in [3.05, 3.63) is 21.4 Å². The van der Waals surface area contributed by atoms with Crippen molar-refractivity contribution < 1.29 is 9.53 Å². The highest BCUT2D eigenvalue weighted by Crippen LogP contribution is 2.20. The standard InChI is InChI=1S/C11H17NO2S/c1-7(6-14-4)12-11(13)10-5-8(2)15-9(10)3/h5,7H,6H2,1-4H3,(H,12,13). The third kappa shape index (κ3) is 3.32. The fourth-order valence-electron chi connectivity index (χ4n) is 1.45. The van der Waals surface area contributed by atoms with Crippen molar-refractivity contribution in [1.82, 2.24) is 5.32 Å². The lowest BCUT2D eigenvalue weighted by molar-refractivity contribution is 0.0905. The first kappa shape index (κ1) is 12.2. The number of nitrogens with one attached hydrogen (secondary N) is 1. The lowest BCUT2D eigenvalue weighted by Crippen LogP contribution is -2.35. The van der Waals surface area contributed by atoms with E-state index in [4.69, 9.17) is 4.74 Å². The van der Waals surface area contributed by atoms with Crippen LogP contribution in [0.25, 0.3) is 0 Å². The first-order valence-corrected chi connectivity index (χ1v) is 5.73. The Kier molecular flexibility index (Phi) is 4.29. The van der Waals surface area contributed by atoms with Crippen LogP contribution in [-0.2, 0) is 4.74 Å². The van der Waals surface area contributed by atoms with E-state index in [0.717, 1.165) is 15.3 Å². The summed E-state index contributed by atoms with van der Waals surface area (Å²) >= 11 is 1.65. The van der Waals surface area contributed by atoms with Gasteiger partial charge in [-0.3, -0.25) is 4.79 Å². The third-order valence-electron chi connectivity index (χ3n) is 2.08. The molecule has 84 valence electrons. The van der Waals surface area contributed by atoms with Gasteiger partial charge in [0.15, 0.2) is 0 Å². The second-order valence-corrected chi connectivity index (χ2v) is 5.12. The number of ether oxygens (including phenoxy) is 1. The smallest absolute Gasteiger partial charge is 0.252 e. The van der Waals surface area contributed by atoms with Crippen molar-refractivity contribution in [2.24, 2.45) is 0 Å². The van der Waals surface area contributed by atoms with Crippen LogP contribution in [0.5, 0.6) is 0 Å². The minimum absolute atomic E-state index is 0.0126. The number of amides is 1. The molecule has 1 aromatic heterocycles. The molecule has 0 fully saturated rings. The predicted octanol–water partition coefficient (Wildman–Crippen LogP) is 2.13. The summed E-state index contributed by atoms with van der Waals surface area (Å²) in [6.07, 6.45) is 0. The molecule has 1 N–H and O–H groups in total. The predicted molar refractivity (Wildman–Crippen MR) is 62.6 cm³/mol. The molecule has 0 saturated carbocycles. The van der Waals surface area contributed by atoms with Crippen molar-refractivity contribution in [3.8, 4) is 0 Å². The summed E-state index contributed by atoms with van der Waals surface area (Å²) in [5, 5.41) is 2.89. The summed E-state index contributed by atoms with van der Waals surface area (Å²) < 4.78 is 4.96. The summed E-state index contributed by atoms with van der Waals surface area (Å²) in [5.74, 6) is -0.0126. The molecule has 1 amide bonds. The Balaban J connectivity index is 2.65. The van der Waals surface area contributed by atoms with Gasteiger partial charge in [-0.15, -0.1) is 11.3 Å². The summed E-state index contributed by atoms with van der Waals surface area (Å²) in [6, 6.07) is 1.97. The Labute approximate surface area is 94.5 Å². The van der Waals surface area contributed by atoms with E-state index in [1.165, 1.54) is 0 Å². The molecule has 0 aliphatic carbocycles. The summed E-state index contributed by atoms with van der Waals surface area (Å²) in [5.41, 5.74) is 0.778. The molecule has 0 aromatic carbocycles. The van der Waals surface area contributed by atoms with Crippen molar-refractivity contribution in [3.63, 3.8) is 0 Å². The van der Waals surface area contributed by atoms with E-state index in [9.17, 15) is 4.79 Å². The zero-order chi connectivity index (χ0) is 11.4. The third-order valence-corrected chi connectivity index (χ3v) is 3.05. The van der Waals surface area contributed by atoms with Gasteiger partial charge < -0.3 is 10.1 Å². The number of methoxy groups -OCH3 is 1. The van der Waals surface area contributed by atoms with Gasteiger partial charge in [0.25, 0.3) is 5.91 Å². The van der Waals surface area contributed by atoms with Crippen molar-refractivity contribution in [2.45, 2.75) is 26.8 Å². The first-order valence-electron chi connectivity index (χ1n) is 4.91. The number of hydrogen-bond acceptors (Lipinski definition) is 3. The van der Waals surface area contributed by atoms with Gasteiger partial charge in [-0.05, 0) is 26.8 Å². The maximum Gasteiger partial charge on any atom is 0.252 e. The van der Waals surface area contributed by atoms with Gasteiger partial charge in [-0.1, -0.05) is 0 Å². The molecular formula is C11H17NO2S. The van der Waals surface area contributed by atoms with Crippen LogP contribution in [0.1, 0.15) is 27.0 Å². The normalized spacial score (nSPS) is 12.5. The number of carbonyl (C=O) groups excluding carboxylic acids is 1. The van der Waals surface area contributed by atoms with E-state index in [1.54, 1.807) is 18.4 Å². The lowest BCUT2D eigenvalue weighted by Gasteiger charge is -2.12. The largest absolute Gasteiger partial charge is 0.383 e. The zero-order valence-corrected chi connectivity index (χ0v) is 10.4. The summed E-state index contributed by atoms with van der Waals surface area (Å²) in [7, 11) is 1.63. The number of aryl methyl sites for hydroxylation is 2. The Morgan fingerprint density at radius 3 is 2.73 bits per heavy atom. The molecule has 0 spiro atoms. The molecule has 4 heteroatoms. The van der Waals surface area contributed by atoms with E-state index in [2.05, 4.69) is 5.32 Å². The van der Waals surface area contributed by atoms with Gasteiger partial charge in [0.1, 0.15) is 0 Å². The van der Waals surface area contributed by atoms with Crippen LogP contribution >= 0.6 is 11.3 Å². The highest BCUT2D eigenvalue weighted by molar-refractivity contribution is 7.12. The van der Waals surface area contributed by atoms with Gasteiger partial charge in [0.2, 0.25) is 0 Å². The van der Waals surface area contributed by atoms with E-state index < -0.39 is 0 Å². The number of carbonyl (C=O) groups is 1. The number of rotatable bonds is 4. The van der Waals surface area contributed by atoms with Crippen LogP contribution < -0.4 is 5.32 Å². The number of thiophene rings is 1. The molecule has 0 bridgehead atoms.